The van der Waals surface area contributed by atoms with E-state index in [0.29, 0.717) is 17.8 Å². The van der Waals surface area contributed by atoms with Gasteiger partial charge in [0.2, 0.25) is 0 Å². The molecule has 4 nitrogen and oxygen atoms in total. The van der Waals surface area contributed by atoms with Gasteiger partial charge in [-0.15, -0.1) is 0 Å². The summed E-state index contributed by atoms with van der Waals surface area (Å²) in [6.45, 7) is 11.2. The first-order chi connectivity index (χ1) is 8.00. The standard InChI is InChI=1S/C14H20O4/c1-13(2,3)10-8(7-15)9(12(16)17)11(18-10)14(4,5)6/h7H,1-6H3,(H,16,17). The largest absolute Gasteiger partial charge is 0.478 e. The molecule has 0 saturated heterocycles. The number of carbonyl (C=O) groups is 2. The van der Waals surface area contributed by atoms with E-state index in [-0.39, 0.29) is 11.1 Å². The molecule has 1 rings (SSSR count). The van der Waals surface area contributed by atoms with Gasteiger partial charge in [0.15, 0.2) is 6.29 Å². The monoisotopic (exact) mass is 252 g/mol. The first kappa shape index (κ1) is 14.5. The third-order valence-corrected chi connectivity index (χ3v) is 2.64. The third kappa shape index (κ3) is 2.47. The van der Waals surface area contributed by atoms with E-state index in [1.54, 1.807) is 0 Å². The van der Waals surface area contributed by atoms with Crippen LogP contribution in [0.1, 0.15) is 73.8 Å². The number of furan rings is 1. The molecule has 0 saturated carbocycles. The van der Waals surface area contributed by atoms with Crippen LogP contribution in [0.5, 0.6) is 0 Å². The second-order valence-corrected chi connectivity index (χ2v) is 6.47. The lowest BCUT2D eigenvalue weighted by Gasteiger charge is -2.18. The van der Waals surface area contributed by atoms with E-state index in [1.165, 1.54) is 0 Å². The highest BCUT2D eigenvalue weighted by Gasteiger charge is 2.35. The Morgan fingerprint density at radius 2 is 1.50 bits per heavy atom. The van der Waals surface area contributed by atoms with Crippen LogP contribution in [-0.4, -0.2) is 17.4 Å². The van der Waals surface area contributed by atoms with Crippen LogP contribution in [0, 0.1) is 0 Å². The van der Waals surface area contributed by atoms with Crippen molar-refractivity contribution in [3.63, 3.8) is 0 Å². The van der Waals surface area contributed by atoms with Crippen LogP contribution in [0.2, 0.25) is 0 Å². The molecule has 0 unspecified atom stereocenters. The average molecular weight is 252 g/mol. The van der Waals surface area contributed by atoms with Gasteiger partial charge in [-0.3, -0.25) is 4.79 Å². The van der Waals surface area contributed by atoms with E-state index in [0.717, 1.165) is 0 Å². The van der Waals surface area contributed by atoms with Crippen LogP contribution in [0.4, 0.5) is 0 Å². The summed E-state index contributed by atoms with van der Waals surface area (Å²) in [5, 5.41) is 9.30. The van der Waals surface area contributed by atoms with Crippen LogP contribution in [0.3, 0.4) is 0 Å². The second kappa shape index (κ2) is 4.26. The predicted octanol–water partition coefficient (Wildman–Crippen LogP) is 3.39. The van der Waals surface area contributed by atoms with Crippen molar-refractivity contribution in [1.82, 2.24) is 0 Å². The van der Waals surface area contributed by atoms with Crippen molar-refractivity contribution in [2.24, 2.45) is 0 Å². The van der Waals surface area contributed by atoms with Gasteiger partial charge in [-0.1, -0.05) is 41.5 Å². The fourth-order valence-electron chi connectivity index (χ4n) is 1.85. The highest BCUT2D eigenvalue weighted by Crippen LogP contribution is 2.37. The highest BCUT2D eigenvalue weighted by atomic mass is 16.4. The maximum Gasteiger partial charge on any atom is 0.340 e. The Hall–Kier alpha value is -1.58. The van der Waals surface area contributed by atoms with E-state index in [4.69, 9.17) is 4.42 Å². The molecule has 0 aromatic carbocycles. The van der Waals surface area contributed by atoms with Crippen molar-refractivity contribution in [3.05, 3.63) is 22.6 Å². The lowest BCUT2D eigenvalue weighted by molar-refractivity contribution is 0.0689. The van der Waals surface area contributed by atoms with E-state index in [2.05, 4.69) is 0 Å². The van der Waals surface area contributed by atoms with Gasteiger partial charge in [-0.25, -0.2) is 4.79 Å². The number of hydrogen-bond acceptors (Lipinski definition) is 3. The van der Waals surface area contributed by atoms with Crippen LogP contribution >= 0.6 is 0 Å². The molecule has 1 aromatic rings. The van der Waals surface area contributed by atoms with Crippen molar-refractivity contribution in [2.75, 3.05) is 0 Å². The van der Waals surface area contributed by atoms with Gasteiger partial charge in [0, 0.05) is 10.8 Å². The molecule has 100 valence electrons. The number of carboxylic acid groups (broad SMARTS) is 1. The van der Waals surface area contributed by atoms with Crippen molar-refractivity contribution in [3.8, 4) is 0 Å². The molecule has 0 radical (unpaired) electrons. The molecule has 18 heavy (non-hydrogen) atoms. The van der Waals surface area contributed by atoms with Gasteiger partial charge in [0.05, 0.1) is 5.56 Å². The fourth-order valence-corrected chi connectivity index (χ4v) is 1.85. The minimum Gasteiger partial charge on any atom is -0.478 e. The average Bonchev–Trinajstić information content (AvgIpc) is 2.54. The fraction of sp³-hybridized carbons (Fsp3) is 0.571. The quantitative estimate of drug-likeness (QED) is 0.819. The molecule has 0 aliphatic heterocycles. The minimum atomic E-state index is -1.12. The van der Waals surface area contributed by atoms with Crippen LogP contribution < -0.4 is 0 Å². The molecule has 1 N–H and O–H groups in total. The number of aldehydes is 1. The zero-order valence-electron chi connectivity index (χ0n) is 11.7. The molecule has 0 aliphatic carbocycles. The minimum absolute atomic E-state index is 0.0116. The Morgan fingerprint density at radius 1 is 1.06 bits per heavy atom. The number of aromatic carboxylic acids is 1. The molecule has 0 fully saturated rings. The van der Waals surface area contributed by atoms with Gasteiger partial charge in [0.1, 0.15) is 17.1 Å². The van der Waals surface area contributed by atoms with E-state index in [9.17, 15) is 14.7 Å². The Bertz CT molecular complexity index is 481. The van der Waals surface area contributed by atoms with Gasteiger partial charge < -0.3 is 9.52 Å². The molecule has 1 heterocycles. The Balaban J connectivity index is 3.71. The third-order valence-electron chi connectivity index (χ3n) is 2.64. The molecule has 0 amide bonds. The van der Waals surface area contributed by atoms with Gasteiger partial charge >= 0.3 is 5.97 Å². The molecular formula is C14H20O4. The summed E-state index contributed by atoms with van der Waals surface area (Å²) in [6.07, 6.45) is 0.572. The van der Waals surface area contributed by atoms with E-state index < -0.39 is 16.8 Å². The number of carboxylic acids is 1. The topological polar surface area (TPSA) is 67.5 Å². The summed E-state index contributed by atoms with van der Waals surface area (Å²) in [5.41, 5.74) is -0.735. The SMILES string of the molecule is CC(C)(C)c1oc(C(C)(C)C)c(C(=O)O)c1C=O. The van der Waals surface area contributed by atoms with Gasteiger partial charge in [-0.2, -0.15) is 0 Å². The zero-order chi connectivity index (χ0) is 14.3. The summed E-state index contributed by atoms with van der Waals surface area (Å²) in [7, 11) is 0. The zero-order valence-corrected chi connectivity index (χ0v) is 11.7. The van der Waals surface area contributed by atoms with Gasteiger partial charge in [-0.05, 0) is 0 Å². The van der Waals surface area contributed by atoms with Crippen molar-refractivity contribution < 1.29 is 19.1 Å². The molecule has 0 bridgehead atoms. The lowest BCUT2D eigenvalue weighted by Crippen LogP contribution is -2.15. The summed E-state index contributed by atoms with van der Waals surface area (Å²) >= 11 is 0. The number of rotatable bonds is 2. The van der Waals surface area contributed by atoms with Crippen molar-refractivity contribution in [2.45, 2.75) is 52.4 Å². The van der Waals surface area contributed by atoms with Crippen molar-refractivity contribution >= 4 is 12.3 Å². The summed E-state index contributed by atoms with van der Waals surface area (Å²) < 4.78 is 5.71. The number of hydrogen-bond donors (Lipinski definition) is 1. The Labute approximate surface area is 107 Å². The second-order valence-electron chi connectivity index (χ2n) is 6.47. The maximum absolute atomic E-state index is 11.4. The molecule has 0 aliphatic rings. The highest BCUT2D eigenvalue weighted by molar-refractivity contribution is 5.99. The molecule has 4 heteroatoms. The Kier molecular flexibility index (Phi) is 3.43. The van der Waals surface area contributed by atoms with E-state index >= 15 is 0 Å². The lowest BCUT2D eigenvalue weighted by atomic mass is 9.87. The predicted molar refractivity (Wildman–Crippen MR) is 68.5 cm³/mol. The molecule has 1 aromatic heterocycles. The van der Waals surface area contributed by atoms with Crippen molar-refractivity contribution in [1.29, 1.82) is 0 Å². The molecular weight excluding hydrogens is 232 g/mol. The summed E-state index contributed by atoms with van der Waals surface area (Å²) in [6, 6.07) is 0. The Morgan fingerprint density at radius 3 is 1.78 bits per heavy atom. The maximum atomic E-state index is 11.4. The first-order valence-corrected chi connectivity index (χ1v) is 5.86. The van der Waals surface area contributed by atoms with Crippen LogP contribution in [-0.2, 0) is 10.8 Å². The molecule has 0 spiro atoms. The number of carbonyl (C=O) groups excluding carboxylic acids is 1. The van der Waals surface area contributed by atoms with Gasteiger partial charge in [0.25, 0.3) is 0 Å². The van der Waals surface area contributed by atoms with E-state index in [1.807, 2.05) is 41.5 Å². The summed E-state index contributed by atoms with van der Waals surface area (Å²) in [5.74, 6) is -0.344. The smallest absolute Gasteiger partial charge is 0.340 e. The normalized spacial score (nSPS) is 12.6. The first-order valence-electron chi connectivity index (χ1n) is 5.86. The molecule has 0 atom stereocenters. The van der Waals surface area contributed by atoms with Crippen LogP contribution in [0.25, 0.3) is 0 Å². The van der Waals surface area contributed by atoms with Crippen LogP contribution in [0.15, 0.2) is 4.42 Å². The summed E-state index contributed by atoms with van der Waals surface area (Å²) in [4.78, 5) is 22.6.